The summed E-state index contributed by atoms with van der Waals surface area (Å²) < 4.78 is 35.8. The molecule has 0 bridgehead atoms. The van der Waals surface area contributed by atoms with Crippen molar-refractivity contribution in [2.24, 2.45) is 61.9 Å². The molecule has 1 N–H and O–H groups in total. The summed E-state index contributed by atoms with van der Waals surface area (Å²) in [7, 11) is -3.49. The van der Waals surface area contributed by atoms with E-state index in [-0.39, 0.29) is 94.5 Å². The number of hydrogen-bond acceptors (Lipinski definition) is 12. The number of nitrogens with zero attached hydrogens (tertiary/aromatic N) is 4. The third-order valence-corrected chi connectivity index (χ3v) is 15.6. The van der Waals surface area contributed by atoms with Crippen LogP contribution in [-0.4, -0.2) is 61.3 Å². The Kier molecular flexibility index (Phi) is 19.4. The number of fused-ring (bicyclic) bond motifs is 1. The zero-order valence-corrected chi connectivity index (χ0v) is 38.1. The molecule has 286 valence electrons. The maximum atomic E-state index is 12.9. The number of hydrogen-bond donors (Lipinski definition) is 1. The van der Waals surface area contributed by atoms with Crippen LogP contribution < -0.4 is 59.1 Å². The minimum absolute atomic E-state index is 0. The van der Waals surface area contributed by atoms with Gasteiger partial charge in [-0.3, -0.25) is 4.18 Å². The number of aliphatic hydroxyl groups excluding tert-OH is 1. The van der Waals surface area contributed by atoms with Crippen LogP contribution in [0.2, 0.25) is 0 Å². The average Bonchev–Trinajstić information content (AvgIpc) is 3.10. The van der Waals surface area contributed by atoms with Gasteiger partial charge >= 0.3 is 59.1 Å². The average molecular weight is 785 g/mol. The van der Waals surface area contributed by atoms with Crippen molar-refractivity contribution in [1.82, 2.24) is 0 Å². The van der Waals surface area contributed by atoms with E-state index in [1.165, 1.54) is 6.42 Å². The molecule has 0 heterocycles. The Morgan fingerprint density at radius 3 is 1.87 bits per heavy atom. The Balaban J connectivity index is 0.00000302. The minimum Gasteiger partial charge on any atom is -0.579 e. The molecule has 6 saturated carbocycles. The molecule has 0 aromatic rings. The summed E-state index contributed by atoms with van der Waals surface area (Å²) in [5.41, 5.74) is 0. The molecule has 0 aliphatic heterocycles. The molecule has 6 fully saturated rings. The van der Waals surface area contributed by atoms with Crippen molar-refractivity contribution in [1.29, 1.82) is 0 Å². The van der Waals surface area contributed by atoms with Crippen molar-refractivity contribution in [3.63, 3.8) is 0 Å². The van der Waals surface area contributed by atoms with E-state index in [0.717, 1.165) is 109 Å². The van der Waals surface area contributed by atoms with Crippen LogP contribution in [0.5, 0.6) is 0 Å². The first-order valence-corrected chi connectivity index (χ1v) is 21.7. The third kappa shape index (κ3) is 12.2. The minimum atomic E-state index is -3.49. The Morgan fingerprint density at radius 2 is 1.27 bits per heavy atom. The van der Waals surface area contributed by atoms with E-state index in [4.69, 9.17) is 29.5 Å². The largest absolute Gasteiger partial charge is 1.00 e. The topological polar surface area (TPSA) is 141 Å². The molecule has 11 atom stereocenters. The first-order chi connectivity index (χ1) is 24.1. The van der Waals surface area contributed by atoms with Crippen LogP contribution in [0.15, 0.2) is 20.5 Å². The van der Waals surface area contributed by atoms with Gasteiger partial charge in [-0.15, -0.1) is 0 Å². The van der Waals surface area contributed by atoms with Gasteiger partial charge in [0.15, 0.2) is 0 Å². The fourth-order valence-corrected chi connectivity index (χ4v) is 12.3. The summed E-state index contributed by atoms with van der Waals surface area (Å²) in [5, 5.41) is 34.8. The Hall–Kier alpha value is 1.30. The second-order valence-corrected chi connectivity index (χ2v) is 19.1. The molecule has 0 aromatic heterocycles. The van der Waals surface area contributed by atoms with Gasteiger partial charge in [-0.1, -0.05) is 38.1 Å². The molecule has 15 heteroatoms. The number of rotatable bonds is 11. The second kappa shape index (κ2) is 21.9. The smallest absolute Gasteiger partial charge is 0.579 e. The zero-order valence-electron chi connectivity index (χ0n) is 32.5. The zero-order chi connectivity index (χ0) is 35.3. The van der Waals surface area contributed by atoms with Crippen molar-refractivity contribution in [3.8, 4) is 0 Å². The molecule has 0 amide bonds. The molecule has 0 spiro atoms. The van der Waals surface area contributed by atoms with Crippen LogP contribution in [-0.2, 0) is 41.5 Å². The van der Waals surface area contributed by atoms with Gasteiger partial charge in [0, 0.05) is 0 Å². The van der Waals surface area contributed by atoms with Gasteiger partial charge in [-0.2, -0.15) is 41.7 Å². The van der Waals surface area contributed by atoms with Crippen LogP contribution in [0.3, 0.4) is 0 Å². The van der Waals surface area contributed by atoms with Crippen LogP contribution in [0, 0.1) is 47.8 Å². The molecule has 11 nitrogen and oxygen atoms in total. The normalized spacial score (nSPS) is 43.4. The van der Waals surface area contributed by atoms with Gasteiger partial charge in [0.05, 0.1) is 35.6 Å². The summed E-state index contributed by atoms with van der Waals surface area (Å²) in [6.45, 7) is 6.98. The molecule has 6 aliphatic carbocycles. The number of azo groups is 2. The molecule has 6 rings (SSSR count). The maximum Gasteiger partial charge on any atom is 1.00 e. The molecule has 52 heavy (non-hydrogen) atoms. The molecule has 0 radical (unpaired) electrons. The van der Waals surface area contributed by atoms with Crippen molar-refractivity contribution in [3.05, 3.63) is 6.42 Å². The summed E-state index contributed by atoms with van der Waals surface area (Å²) in [6.07, 6.45) is 17.8. The second-order valence-electron chi connectivity index (χ2n) is 17.1. The first-order valence-electron chi connectivity index (χ1n) is 19.9. The van der Waals surface area contributed by atoms with E-state index in [0.29, 0.717) is 35.5 Å². The van der Waals surface area contributed by atoms with Crippen LogP contribution in [0.25, 0.3) is 0 Å². The summed E-state index contributed by atoms with van der Waals surface area (Å²) in [6, 6.07) is 0.123. The molecule has 11 unspecified atom stereocenters. The van der Waals surface area contributed by atoms with Crippen LogP contribution in [0.1, 0.15) is 136 Å². The predicted molar refractivity (Wildman–Crippen MR) is 192 cm³/mol. The van der Waals surface area contributed by atoms with Gasteiger partial charge in [-0.25, -0.2) is 4.89 Å². The van der Waals surface area contributed by atoms with E-state index in [2.05, 4.69) is 49.5 Å². The van der Waals surface area contributed by atoms with Crippen molar-refractivity contribution < 1.29 is 91.1 Å². The van der Waals surface area contributed by atoms with Crippen LogP contribution in [0.4, 0.5) is 0 Å². The van der Waals surface area contributed by atoms with E-state index >= 15 is 0 Å². The fraction of sp³-hybridized carbons (Fsp3) is 0.973. The van der Waals surface area contributed by atoms with Gasteiger partial charge in [0.1, 0.15) is 12.1 Å². The molecule has 0 aromatic carbocycles. The fourth-order valence-electron chi connectivity index (χ4n) is 10.7. The Labute approximate surface area is 363 Å². The molecular formula is C37H62N4Na2O7S2. The van der Waals surface area contributed by atoms with E-state index in [1.54, 1.807) is 0 Å². The molecule has 6 aliphatic rings. The monoisotopic (exact) mass is 784 g/mol. The maximum absolute atomic E-state index is 12.9. The van der Waals surface area contributed by atoms with Crippen molar-refractivity contribution >= 4 is 23.0 Å². The summed E-state index contributed by atoms with van der Waals surface area (Å²) in [5.74, 6) is 3.68. The summed E-state index contributed by atoms with van der Waals surface area (Å²) >= 11 is 4.44. The van der Waals surface area contributed by atoms with Crippen LogP contribution >= 0.6 is 0 Å². The number of aliphatic hydroxyl groups is 1. The predicted octanol–water partition coefficient (Wildman–Crippen LogP) is 2.21. The van der Waals surface area contributed by atoms with E-state index in [9.17, 15) is 13.5 Å². The van der Waals surface area contributed by atoms with Gasteiger partial charge in [0.25, 0.3) is 10.1 Å². The third-order valence-electron chi connectivity index (χ3n) is 13.7. The SMILES string of the molecule is CC1CCC(S(=O)(=O)OC2CCC(N=NC3CCC(C4CCC(N=NC5C(OOO[S-])CC6C[CH-]CCC6C5O)CC4C)C(C)C3)CC2)CC1.[Na+].[Na+]. The molecule has 0 saturated heterocycles. The van der Waals surface area contributed by atoms with Gasteiger partial charge < -0.3 is 28.8 Å². The van der Waals surface area contributed by atoms with Crippen molar-refractivity contribution in [2.45, 2.75) is 184 Å². The Morgan fingerprint density at radius 1 is 0.692 bits per heavy atom. The Bertz CT molecular complexity index is 1240. The van der Waals surface area contributed by atoms with E-state index < -0.39 is 28.4 Å². The quantitative estimate of drug-likeness (QED) is 0.0641. The van der Waals surface area contributed by atoms with E-state index in [1.807, 2.05) is 0 Å². The molecular weight excluding hydrogens is 723 g/mol. The van der Waals surface area contributed by atoms with Crippen molar-refractivity contribution in [2.75, 3.05) is 0 Å². The van der Waals surface area contributed by atoms with Gasteiger partial charge in [-0.05, 0) is 132 Å². The first kappa shape index (κ1) is 46.0. The standard InChI is InChI=1S/C37H63N4O7S2.2Na/c1-23-8-16-31(17-9-23)50(43,44)46-30-14-10-27(11-15-30)38-39-28-12-18-32(24(2)20-28)33-19-13-29(21-25(33)3)40-41-36-35(45-47-48-49)22-26-6-4-5-7-34(26)37(36)42;;/h4,23-37,42,49H,5-22H2,1-3H3;;/q-1;2*+1/p-1. The van der Waals surface area contributed by atoms with Gasteiger partial charge in [0.2, 0.25) is 0 Å². The summed E-state index contributed by atoms with van der Waals surface area (Å²) in [4.78, 5) is 5.44.